The van der Waals surface area contributed by atoms with Crippen molar-refractivity contribution < 1.29 is 9.47 Å². The number of aromatic nitrogens is 4. The van der Waals surface area contributed by atoms with E-state index in [1.807, 2.05) is 61.5 Å². The molecule has 0 aliphatic carbocycles. The number of thioether (sulfide) groups is 1. The molecule has 4 aromatic rings. The highest BCUT2D eigenvalue weighted by Crippen LogP contribution is 2.28. The third-order valence-corrected chi connectivity index (χ3v) is 5.44. The average Bonchev–Trinajstić information content (AvgIpc) is 3.22. The molecule has 0 spiro atoms. The number of rotatable bonds is 9. The number of aryl methyl sites for hydroxylation is 1. The van der Waals surface area contributed by atoms with Crippen LogP contribution in [0, 0.1) is 6.92 Å². The summed E-state index contributed by atoms with van der Waals surface area (Å²) in [7, 11) is 0. The van der Waals surface area contributed by atoms with Crippen LogP contribution in [0.5, 0.6) is 11.5 Å². The van der Waals surface area contributed by atoms with E-state index >= 15 is 0 Å². The second-order valence-electron chi connectivity index (χ2n) is 6.82. The Morgan fingerprint density at radius 1 is 0.903 bits per heavy atom. The van der Waals surface area contributed by atoms with Gasteiger partial charge in [0.25, 0.3) is 0 Å². The van der Waals surface area contributed by atoms with Gasteiger partial charge >= 0.3 is 0 Å². The topological polar surface area (TPSA) is 62.1 Å². The first-order valence-electron chi connectivity index (χ1n) is 10.2. The zero-order valence-corrected chi connectivity index (χ0v) is 18.4. The molecule has 2 heterocycles. The highest BCUT2D eigenvalue weighted by Gasteiger charge is 2.16. The van der Waals surface area contributed by atoms with Crippen molar-refractivity contribution in [3.63, 3.8) is 0 Å². The van der Waals surface area contributed by atoms with Crippen molar-refractivity contribution in [1.29, 1.82) is 0 Å². The predicted octanol–water partition coefficient (Wildman–Crippen LogP) is 5.21. The number of hydrogen-bond acceptors (Lipinski definition) is 6. The number of hydrogen-bond donors (Lipinski definition) is 0. The zero-order valence-electron chi connectivity index (χ0n) is 17.6. The van der Waals surface area contributed by atoms with E-state index in [2.05, 4.69) is 32.7 Å². The number of ether oxygens (including phenoxy) is 2. The van der Waals surface area contributed by atoms with Gasteiger partial charge in [-0.1, -0.05) is 23.9 Å². The molecule has 2 aromatic carbocycles. The molecule has 158 valence electrons. The van der Waals surface area contributed by atoms with Crippen molar-refractivity contribution >= 4 is 11.8 Å². The van der Waals surface area contributed by atoms with Crippen LogP contribution in [-0.4, -0.2) is 38.7 Å². The van der Waals surface area contributed by atoms with E-state index in [-0.39, 0.29) is 0 Å². The van der Waals surface area contributed by atoms with E-state index in [1.165, 1.54) is 5.56 Å². The highest BCUT2D eigenvalue weighted by atomic mass is 32.2. The fourth-order valence-electron chi connectivity index (χ4n) is 3.14. The molecule has 0 radical (unpaired) electrons. The maximum Gasteiger partial charge on any atom is 0.196 e. The Balaban J connectivity index is 1.55. The summed E-state index contributed by atoms with van der Waals surface area (Å²) in [6.07, 6.45) is 3.52. The summed E-state index contributed by atoms with van der Waals surface area (Å²) in [4.78, 5) is 4.11. The van der Waals surface area contributed by atoms with Crippen molar-refractivity contribution in [3.8, 4) is 28.6 Å². The summed E-state index contributed by atoms with van der Waals surface area (Å²) in [6.45, 7) is 5.25. The lowest BCUT2D eigenvalue weighted by Crippen LogP contribution is -2.04. The van der Waals surface area contributed by atoms with Crippen LogP contribution < -0.4 is 9.47 Å². The molecule has 0 unspecified atom stereocenters. The quantitative estimate of drug-likeness (QED) is 0.267. The monoisotopic (exact) mass is 432 g/mol. The minimum atomic E-state index is 0.578. The summed E-state index contributed by atoms with van der Waals surface area (Å²) in [5.74, 6) is 3.24. The molecule has 0 saturated heterocycles. The Labute approximate surface area is 186 Å². The summed E-state index contributed by atoms with van der Waals surface area (Å²) >= 11 is 1.61. The molecule has 0 amide bonds. The van der Waals surface area contributed by atoms with E-state index in [1.54, 1.807) is 24.2 Å². The number of benzene rings is 2. The van der Waals surface area contributed by atoms with Crippen molar-refractivity contribution in [2.75, 3.05) is 19.0 Å². The maximum absolute atomic E-state index is 5.89. The van der Waals surface area contributed by atoms with E-state index in [0.717, 1.165) is 39.5 Å². The third kappa shape index (κ3) is 5.24. The van der Waals surface area contributed by atoms with Crippen LogP contribution in [0.2, 0.25) is 0 Å². The van der Waals surface area contributed by atoms with Gasteiger partial charge in [-0.15, -0.1) is 10.2 Å². The lowest BCUT2D eigenvalue weighted by Gasteiger charge is -2.12. The molecule has 31 heavy (non-hydrogen) atoms. The lowest BCUT2D eigenvalue weighted by molar-refractivity contribution is 0.340. The third-order valence-electron chi connectivity index (χ3n) is 4.55. The fraction of sp³-hybridized carbons (Fsp3) is 0.208. The van der Waals surface area contributed by atoms with E-state index in [4.69, 9.17) is 9.47 Å². The first kappa shape index (κ1) is 20.9. The smallest absolute Gasteiger partial charge is 0.196 e. The molecule has 0 N–H and O–H groups in total. The molecule has 0 aliphatic rings. The Hall–Kier alpha value is -3.32. The first-order chi connectivity index (χ1) is 15.2. The van der Waals surface area contributed by atoms with Crippen molar-refractivity contribution in [3.05, 3.63) is 78.6 Å². The number of pyridine rings is 1. The van der Waals surface area contributed by atoms with Gasteiger partial charge < -0.3 is 9.47 Å². The predicted molar refractivity (Wildman–Crippen MR) is 123 cm³/mol. The Morgan fingerprint density at radius 3 is 2.45 bits per heavy atom. The average molecular weight is 433 g/mol. The van der Waals surface area contributed by atoms with Gasteiger partial charge in [0.2, 0.25) is 0 Å². The first-order valence-corrected chi connectivity index (χ1v) is 11.1. The van der Waals surface area contributed by atoms with Gasteiger partial charge in [-0.25, -0.2) is 0 Å². The molecule has 0 fully saturated rings. The number of nitrogens with zero attached hydrogens (tertiary/aromatic N) is 4. The molecule has 0 bridgehead atoms. The molecule has 7 heteroatoms. The normalized spacial score (nSPS) is 10.8. The van der Waals surface area contributed by atoms with E-state index < -0.39 is 0 Å². The Kier molecular flexibility index (Phi) is 6.84. The van der Waals surface area contributed by atoms with Crippen molar-refractivity contribution in [2.45, 2.75) is 19.0 Å². The Bertz CT molecular complexity index is 1110. The summed E-state index contributed by atoms with van der Waals surface area (Å²) in [6, 6.07) is 19.9. The van der Waals surface area contributed by atoms with Crippen LogP contribution in [0.25, 0.3) is 17.1 Å². The summed E-state index contributed by atoms with van der Waals surface area (Å²) in [5, 5.41) is 9.73. The van der Waals surface area contributed by atoms with Gasteiger partial charge in [-0.3, -0.25) is 9.55 Å². The van der Waals surface area contributed by atoms with E-state index in [9.17, 15) is 0 Å². The minimum absolute atomic E-state index is 0.578. The summed E-state index contributed by atoms with van der Waals surface area (Å²) in [5.41, 5.74) is 3.11. The van der Waals surface area contributed by atoms with Gasteiger partial charge in [0.1, 0.15) is 11.5 Å². The van der Waals surface area contributed by atoms with Gasteiger partial charge in [-0.05, 0) is 67.9 Å². The van der Waals surface area contributed by atoms with Crippen LogP contribution in [-0.2, 0) is 0 Å². The fourth-order valence-corrected chi connectivity index (χ4v) is 3.91. The van der Waals surface area contributed by atoms with Crippen LogP contribution in [0.3, 0.4) is 0 Å². The van der Waals surface area contributed by atoms with Crippen LogP contribution in [0.1, 0.15) is 12.5 Å². The van der Waals surface area contributed by atoms with Gasteiger partial charge in [-0.2, -0.15) is 0 Å². The van der Waals surface area contributed by atoms with Crippen molar-refractivity contribution in [2.24, 2.45) is 0 Å². The minimum Gasteiger partial charge on any atom is -0.494 e. The summed E-state index contributed by atoms with van der Waals surface area (Å²) < 4.78 is 13.5. The molecule has 2 aromatic heterocycles. The molecule has 0 saturated carbocycles. The molecule has 4 rings (SSSR count). The van der Waals surface area contributed by atoms with Crippen LogP contribution in [0.15, 0.2) is 78.2 Å². The second kappa shape index (κ2) is 10.1. The maximum atomic E-state index is 5.89. The molecule has 0 aliphatic heterocycles. The largest absolute Gasteiger partial charge is 0.494 e. The molecule has 0 atom stereocenters. The molecular weight excluding hydrogens is 408 g/mol. The van der Waals surface area contributed by atoms with Crippen molar-refractivity contribution in [1.82, 2.24) is 19.7 Å². The Morgan fingerprint density at radius 2 is 1.71 bits per heavy atom. The molecular formula is C24H24N4O2S. The standard InChI is InChI=1S/C24H24N4O2S/c1-3-29-21-9-7-20(8-10-21)28-23(19-11-13-25-14-12-19)26-27-24(28)31-16-15-30-22-6-4-5-18(2)17-22/h4-14,17H,3,15-16H2,1-2H3. The van der Waals surface area contributed by atoms with Gasteiger partial charge in [0.15, 0.2) is 11.0 Å². The van der Waals surface area contributed by atoms with Crippen LogP contribution >= 0.6 is 11.8 Å². The second-order valence-corrected chi connectivity index (χ2v) is 7.88. The van der Waals surface area contributed by atoms with E-state index in [0.29, 0.717) is 13.2 Å². The van der Waals surface area contributed by atoms with Crippen LogP contribution in [0.4, 0.5) is 0 Å². The highest BCUT2D eigenvalue weighted by molar-refractivity contribution is 7.99. The van der Waals surface area contributed by atoms with Gasteiger partial charge in [0.05, 0.1) is 13.2 Å². The zero-order chi connectivity index (χ0) is 21.5. The molecule has 6 nitrogen and oxygen atoms in total. The SMILES string of the molecule is CCOc1ccc(-n2c(SCCOc3cccc(C)c3)nnc2-c2ccncc2)cc1. The van der Waals surface area contributed by atoms with Gasteiger partial charge in [0, 0.05) is 29.4 Å². The lowest BCUT2D eigenvalue weighted by atomic mass is 10.2.